The Morgan fingerprint density at radius 2 is 2.11 bits per heavy atom. The van der Waals surface area contributed by atoms with Crippen LogP contribution in [-0.2, 0) is 11.3 Å². The Kier molecular flexibility index (Phi) is 4.78. The van der Waals surface area contributed by atoms with Gasteiger partial charge in [-0.1, -0.05) is 18.5 Å². The fraction of sp³-hybridized carbons (Fsp3) is 0.500. The van der Waals surface area contributed by atoms with Crippen LogP contribution in [-0.4, -0.2) is 39.5 Å². The van der Waals surface area contributed by atoms with Crippen LogP contribution < -0.4 is 0 Å². The number of aromatic nitrogens is 1. The van der Waals surface area contributed by atoms with Crippen molar-refractivity contribution in [2.75, 3.05) is 7.05 Å². The molecule has 5 nitrogen and oxygen atoms in total. The lowest BCUT2D eigenvalue weighted by molar-refractivity contribution is -0.142. The molecular formula is C12H17ClN2O3. The monoisotopic (exact) mass is 272 g/mol. The molecule has 1 aromatic rings. The van der Waals surface area contributed by atoms with Gasteiger partial charge in [0.05, 0.1) is 5.02 Å². The van der Waals surface area contributed by atoms with Crippen molar-refractivity contribution in [1.29, 1.82) is 0 Å². The second-order valence-corrected chi connectivity index (χ2v) is 4.44. The number of nitrogens with zero attached hydrogens (tertiary/aromatic N) is 2. The molecule has 0 saturated carbocycles. The number of rotatable bonds is 5. The van der Waals surface area contributed by atoms with Gasteiger partial charge in [-0.3, -0.25) is 4.79 Å². The SMILES string of the molecule is CCC(C(=O)O)N(C)C(=O)c1cc(Cl)cn1CC. The minimum atomic E-state index is -1.01. The average molecular weight is 273 g/mol. The van der Waals surface area contributed by atoms with Gasteiger partial charge in [0.2, 0.25) is 0 Å². The van der Waals surface area contributed by atoms with Gasteiger partial charge in [-0.2, -0.15) is 0 Å². The molecule has 1 unspecified atom stereocenters. The Morgan fingerprint density at radius 3 is 2.56 bits per heavy atom. The van der Waals surface area contributed by atoms with Crippen LogP contribution in [0.3, 0.4) is 0 Å². The van der Waals surface area contributed by atoms with Crippen molar-refractivity contribution < 1.29 is 14.7 Å². The summed E-state index contributed by atoms with van der Waals surface area (Å²) in [4.78, 5) is 24.5. The third-order valence-corrected chi connectivity index (χ3v) is 3.09. The zero-order valence-corrected chi connectivity index (χ0v) is 11.4. The highest BCUT2D eigenvalue weighted by Crippen LogP contribution is 2.17. The first-order chi connectivity index (χ1) is 8.42. The summed E-state index contributed by atoms with van der Waals surface area (Å²) in [5.74, 6) is -1.34. The van der Waals surface area contributed by atoms with E-state index in [1.165, 1.54) is 11.9 Å². The van der Waals surface area contributed by atoms with Crippen LogP contribution in [0.4, 0.5) is 0 Å². The highest BCUT2D eigenvalue weighted by molar-refractivity contribution is 6.31. The first-order valence-electron chi connectivity index (χ1n) is 5.78. The number of carbonyl (C=O) groups excluding carboxylic acids is 1. The molecule has 0 aliphatic rings. The number of carboxylic acids is 1. The molecule has 0 aliphatic carbocycles. The number of carbonyl (C=O) groups is 2. The Bertz CT molecular complexity index is 456. The van der Waals surface area contributed by atoms with E-state index in [1.54, 1.807) is 23.8 Å². The fourth-order valence-corrected chi connectivity index (χ4v) is 2.07. The van der Waals surface area contributed by atoms with Crippen LogP contribution >= 0.6 is 11.6 Å². The van der Waals surface area contributed by atoms with Crippen molar-refractivity contribution in [3.8, 4) is 0 Å². The molecular weight excluding hydrogens is 256 g/mol. The summed E-state index contributed by atoms with van der Waals surface area (Å²) in [7, 11) is 1.49. The van der Waals surface area contributed by atoms with Crippen LogP contribution in [0.25, 0.3) is 0 Å². The van der Waals surface area contributed by atoms with Crippen LogP contribution in [0.5, 0.6) is 0 Å². The maximum atomic E-state index is 12.2. The largest absolute Gasteiger partial charge is 0.480 e. The molecule has 0 spiro atoms. The van der Waals surface area contributed by atoms with Gasteiger partial charge in [-0.05, 0) is 19.4 Å². The molecule has 1 heterocycles. The molecule has 100 valence electrons. The van der Waals surface area contributed by atoms with Crippen molar-refractivity contribution >= 4 is 23.5 Å². The van der Waals surface area contributed by atoms with E-state index < -0.39 is 12.0 Å². The predicted molar refractivity (Wildman–Crippen MR) is 68.9 cm³/mol. The minimum Gasteiger partial charge on any atom is -0.480 e. The van der Waals surface area contributed by atoms with Crippen LogP contribution in [0.2, 0.25) is 5.02 Å². The number of amides is 1. The topological polar surface area (TPSA) is 62.5 Å². The molecule has 0 aromatic carbocycles. The second kappa shape index (κ2) is 5.91. The lowest BCUT2D eigenvalue weighted by atomic mass is 10.2. The highest BCUT2D eigenvalue weighted by atomic mass is 35.5. The average Bonchev–Trinajstić information content (AvgIpc) is 2.69. The van der Waals surface area contributed by atoms with Gasteiger partial charge in [-0.25, -0.2) is 4.79 Å². The number of carboxylic acid groups (broad SMARTS) is 1. The third-order valence-electron chi connectivity index (χ3n) is 2.88. The van der Waals surface area contributed by atoms with Gasteiger partial charge >= 0.3 is 5.97 Å². The Labute approximate surface area is 111 Å². The maximum Gasteiger partial charge on any atom is 0.326 e. The standard InChI is InChI=1S/C12H17ClN2O3/c1-4-9(12(17)18)14(3)11(16)10-6-8(13)7-15(10)5-2/h6-7,9H,4-5H2,1-3H3,(H,17,18). The number of hydrogen-bond donors (Lipinski definition) is 1. The van der Waals surface area contributed by atoms with E-state index >= 15 is 0 Å². The van der Waals surface area contributed by atoms with E-state index in [0.29, 0.717) is 23.7 Å². The van der Waals surface area contributed by atoms with E-state index in [2.05, 4.69) is 0 Å². The molecule has 0 bridgehead atoms. The normalized spacial score (nSPS) is 12.2. The van der Waals surface area contributed by atoms with Crippen molar-refractivity contribution in [3.05, 3.63) is 23.0 Å². The third kappa shape index (κ3) is 2.85. The Balaban J connectivity index is 3.02. The summed E-state index contributed by atoms with van der Waals surface area (Å²) in [6.45, 7) is 4.22. The summed E-state index contributed by atoms with van der Waals surface area (Å²) in [5, 5.41) is 9.51. The second-order valence-electron chi connectivity index (χ2n) is 4.01. The zero-order chi connectivity index (χ0) is 13.9. The summed E-state index contributed by atoms with van der Waals surface area (Å²) in [6.07, 6.45) is 2.02. The van der Waals surface area contributed by atoms with Gasteiger partial charge < -0.3 is 14.6 Å². The van der Waals surface area contributed by atoms with Crippen LogP contribution in [0, 0.1) is 0 Å². The van der Waals surface area contributed by atoms with Gasteiger partial charge in [0.25, 0.3) is 5.91 Å². The number of hydrogen-bond acceptors (Lipinski definition) is 2. The summed E-state index contributed by atoms with van der Waals surface area (Å²) in [6, 6.07) is 0.731. The molecule has 0 saturated heterocycles. The van der Waals surface area contributed by atoms with E-state index in [4.69, 9.17) is 16.7 Å². The zero-order valence-electron chi connectivity index (χ0n) is 10.7. The van der Waals surface area contributed by atoms with Crippen molar-refractivity contribution in [1.82, 2.24) is 9.47 Å². The van der Waals surface area contributed by atoms with Crippen molar-refractivity contribution in [2.24, 2.45) is 0 Å². The highest BCUT2D eigenvalue weighted by Gasteiger charge is 2.27. The van der Waals surface area contributed by atoms with Gasteiger partial charge in [-0.15, -0.1) is 0 Å². The van der Waals surface area contributed by atoms with E-state index in [9.17, 15) is 9.59 Å². The molecule has 1 aromatic heterocycles. The fourth-order valence-electron chi connectivity index (χ4n) is 1.85. The smallest absolute Gasteiger partial charge is 0.326 e. The Morgan fingerprint density at radius 1 is 1.50 bits per heavy atom. The molecule has 1 rings (SSSR count). The number of halogens is 1. The van der Waals surface area contributed by atoms with Gasteiger partial charge in [0.1, 0.15) is 11.7 Å². The molecule has 0 fully saturated rings. The number of likely N-dealkylation sites (N-methyl/N-ethyl adjacent to an activating group) is 1. The molecule has 1 atom stereocenters. The van der Waals surface area contributed by atoms with E-state index in [-0.39, 0.29) is 5.91 Å². The first-order valence-corrected chi connectivity index (χ1v) is 6.15. The van der Waals surface area contributed by atoms with E-state index in [1.807, 2.05) is 6.92 Å². The first kappa shape index (κ1) is 14.6. The van der Waals surface area contributed by atoms with Crippen molar-refractivity contribution in [3.63, 3.8) is 0 Å². The van der Waals surface area contributed by atoms with Gasteiger partial charge in [0.15, 0.2) is 0 Å². The van der Waals surface area contributed by atoms with E-state index in [0.717, 1.165) is 0 Å². The summed E-state index contributed by atoms with van der Waals surface area (Å²) in [5.41, 5.74) is 0.407. The van der Waals surface area contributed by atoms with Crippen LogP contribution in [0.15, 0.2) is 12.3 Å². The number of aliphatic carboxylic acids is 1. The van der Waals surface area contributed by atoms with Crippen LogP contribution in [0.1, 0.15) is 30.8 Å². The molecule has 0 aliphatic heterocycles. The lowest BCUT2D eigenvalue weighted by Crippen LogP contribution is -2.42. The molecule has 18 heavy (non-hydrogen) atoms. The lowest BCUT2D eigenvalue weighted by Gasteiger charge is -2.24. The quantitative estimate of drug-likeness (QED) is 0.893. The summed E-state index contributed by atoms with van der Waals surface area (Å²) < 4.78 is 1.70. The minimum absolute atomic E-state index is 0.335. The van der Waals surface area contributed by atoms with Crippen molar-refractivity contribution in [2.45, 2.75) is 32.9 Å². The molecule has 6 heteroatoms. The number of aryl methyl sites for hydroxylation is 1. The predicted octanol–water partition coefficient (Wildman–Crippen LogP) is 2.10. The molecule has 0 radical (unpaired) electrons. The Hall–Kier alpha value is -1.49. The maximum absolute atomic E-state index is 12.2. The molecule has 1 amide bonds. The summed E-state index contributed by atoms with van der Waals surface area (Å²) >= 11 is 5.86. The molecule has 1 N–H and O–H groups in total. The van der Waals surface area contributed by atoms with Gasteiger partial charge in [0, 0.05) is 19.8 Å².